The van der Waals surface area contributed by atoms with E-state index in [0.717, 1.165) is 12.5 Å². The van der Waals surface area contributed by atoms with Crippen LogP contribution in [0.15, 0.2) is 30.3 Å². The van der Waals surface area contributed by atoms with Gasteiger partial charge in [-0.2, -0.15) is 0 Å². The zero-order chi connectivity index (χ0) is 14.4. The predicted octanol–water partition coefficient (Wildman–Crippen LogP) is 3.31. The monoisotopic (exact) mass is 274 g/mol. The molecule has 2 rings (SSSR count). The number of nitrogens with two attached hydrogens (primary N) is 1. The number of benzene rings is 1. The number of likely N-dealkylation sites (tertiary alicyclic amines) is 1. The highest BCUT2D eigenvalue weighted by atomic mass is 15.1. The maximum absolute atomic E-state index is 6.28. The molecule has 0 saturated carbocycles. The highest BCUT2D eigenvalue weighted by Gasteiger charge is 2.22. The first-order valence-corrected chi connectivity index (χ1v) is 8.21. The standard InChI is InChI=1S/C18H30N2/c1-3-15(2)18(19)14-20-11-9-17(10-12-20)13-16-7-5-4-6-8-16/h4-8,15,17-18H,3,9-14,19H2,1-2H3/t15?,18-/m1/s1. The summed E-state index contributed by atoms with van der Waals surface area (Å²) in [4.78, 5) is 2.57. The Hall–Kier alpha value is -0.860. The Morgan fingerprint density at radius 2 is 1.85 bits per heavy atom. The molecule has 20 heavy (non-hydrogen) atoms. The van der Waals surface area contributed by atoms with Crippen molar-refractivity contribution in [1.82, 2.24) is 4.90 Å². The maximum Gasteiger partial charge on any atom is 0.0193 e. The van der Waals surface area contributed by atoms with Gasteiger partial charge in [-0.15, -0.1) is 0 Å². The summed E-state index contributed by atoms with van der Waals surface area (Å²) >= 11 is 0. The summed E-state index contributed by atoms with van der Waals surface area (Å²) in [5, 5.41) is 0. The molecule has 2 nitrogen and oxygen atoms in total. The molecule has 2 N–H and O–H groups in total. The van der Waals surface area contributed by atoms with E-state index in [1.54, 1.807) is 0 Å². The molecule has 1 saturated heterocycles. The van der Waals surface area contributed by atoms with Crippen molar-refractivity contribution in [3.63, 3.8) is 0 Å². The zero-order valence-corrected chi connectivity index (χ0v) is 13.1. The van der Waals surface area contributed by atoms with E-state index in [1.165, 1.54) is 44.3 Å². The van der Waals surface area contributed by atoms with Gasteiger partial charge in [-0.1, -0.05) is 50.6 Å². The van der Waals surface area contributed by atoms with Crippen molar-refractivity contribution in [3.8, 4) is 0 Å². The van der Waals surface area contributed by atoms with Gasteiger partial charge < -0.3 is 10.6 Å². The molecule has 0 spiro atoms. The SMILES string of the molecule is CCC(C)[C@H](N)CN1CCC(Cc2ccccc2)CC1. The van der Waals surface area contributed by atoms with Gasteiger partial charge in [0.2, 0.25) is 0 Å². The van der Waals surface area contributed by atoms with Crippen molar-refractivity contribution in [3.05, 3.63) is 35.9 Å². The van der Waals surface area contributed by atoms with E-state index in [2.05, 4.69) is 49.1 Å². The van der Waals surface area contributed by atoms with Crippen LogP contribution in [0.3, 0.4) is 0 Å². The molecule has 0 amide bonds. The first-order valence-electron chi connectivity index (χ1n) is 8.21. The molecule has 112 valence electrons. The molecule has 1 fully saturated rings. The summed E-state index contributed by atoms with van der Waals surface area (Å²) in [6, 6.07) is 11.2. The lowest BCUT2D eigenvalue weighted by Crippen LogP contribution is -2.44. The van der Waals surface area contributed by atoms with Crippen molar-refractivity contribution < 1.29 is 0 Å². The van der Waals surface area contributed by atoms with Gasteiger partial charge in [0, 0.05) is 12.6 Å². The van der Waals surface area contributed by atoms with E-state index >= 15 is 0 Å². The summed E-state index contributed by atoms with van der Waals surface area (Å²) in [6.07, 6.45) is 5.07. The van der Waals surface area contributed by atoms with Crippen molar-refractivity contribution in [1.29, 1.82) is 0 Å². The van der Waals surface area contributed by atoms with Crippen LogP contribution in [0.25, 0.3) is 0 Å². The number of rotatable bonds is 6. The molecule has 1 heterocycles. The molecule has 2 heteroatoms. The summed E-state index contributed by atoms with van der Waals surface area (Å²) in [5.74, 6) is 1.49. The first-order chi connectivity index (χ1) is 9.69. The van der Waals surface area contributed by atoms with Crippen molar-refractivity contribution in [2.75, 3.05) is 19.6 Å². The molecule has 0 bridgehead atoms. The van der Waals surface area contributed by atoms with Gasteiger partial charge in [-0.05, 0) is 49.8 Å². The van der Waals surface area contributed by atoms with Gasteiger partial charge in [-0.25, -0.2) is 0 Å². The van der Waals surface area contributed by atoms with Crippen LogP contribution < -0.4 is 5.73 Å². The summed E-state index contributed by atoms with van der Waals surface area (Å²) < 4.78 is 0. The quantitative estimate of drug-likeness (QED) is 0.862. The molecule has 0 aromatic heterocycles. The number of hydrogen-bond acceptors (Lipinski definition) is 2. The molecular weight excluding hydrogens is 244 g/mol. The van der Waals surface area contributed by atoms with Crippen LogP contribution in [0.5, 0.6) is 0 Å². The third-order valence-corrected chi connectivity index (χ3v) is 4.92. The average molecular weight is 274 g/mol. The fourth-order valence-corrected chi connectivity index (χ4v) is 3.10. The Labute approximate surface area is 124 Å². The summed E-state index contributed by atoms with van der Waals surface area (Å²) in [7, 11) is 0. The molecule has 0 radical (unpaired) electrons. The predicted molar refractivity (Wildman–Crippen MR) is 86.7 cm³/mol. The van der Waals surface area contributed by atoms with E-state index in [4.69, 9.17) is 5.73 Å². The van der Waals surface area contributed by atoms with Gasteiger partial charge >= 0.3 is 0 Å². The second-order valence-corrected chi connectivity index (χ2v) is 6.48. The largest absolute Gasteiger partial charge is 0.326 e. The Kier molecular flexibility index (Phi) is 6.06. The lowest BCUT2D eigenvalue weighted by molar-refractivity contribution is 0.163. The molecule has 2 atom stereocenters. The Balaban J connectivity index is 1.72. The highest BCUT2D eigenvalue weighted by molar-refractivity contribution is 5.15. The minimum atomic E-state index is 0.339. The van der Waals surface area contributed by atoms with Crippen molar-refractivity contribution >= 4 is 0 Å². The van der Waals surface area contributed by atoms with Gasteiger partial charge in [0.05, 0.1) is 0 Å². The van der Waals surface area contributed by atoms with Crippen LogP contribution in [0.4, 0.5) is 0 Å². The molecule has 1 aliphatic rings. The lowest BCUT2D eigenvalue weighted by atomic mass is 9.89. The Morgan fingerprint density at radius 1 is 1.20 bits per heavy atom. The van der Waals surface area contributed by atoms with Gasteiger partial charge in [-0.3, -0.25) is 0 Å². The first kappa shape index (κ1) is 15.5. The fourth-order valence-electron chi connectivity index (χ4n) is 3.10. The molecule has 0 aliphatic carbocycles. The van der Waals surface area contributed by atoms with Crippen LogP contribution in [0, 0.1) is 11.8 Å². The normalized spacial score (nSPS) is 20.8. The smallest absolute Gasteiger partial charge is 0.0193 e. The van der Waals surface area contributed by atoms with E-state index in [1.807, 2.05) is 0 Å². The van der Waals surface area contributed by atoms with Gasteiger partial charge in [0.15, 0.2) is 0 Å². The van der Waals surface area contributed by atoms with E-state index in [0.29, 0.717) is 12.0 Å². The second kappa shape index (κ2) is 7.80. The number of hydrogen-bond donors (Lipinski definition) is 1. The summed E-state index contributed by atoms with van der Waals surface area (Å²) in [6.45, 7) is 8.03. The average Bonchev–Trinajstić information content (AvgIpc) is 2.49. The fraction of sp³-hybridized carbons (Fsp3) is 0.667. The molecule has 1 aromatic rings. The van der Waals surface area contributed by atoms with Gasteiger partial charge in [0.1, 0.15) is 0 Å². The van der Waals surface area contributed by atoms with Crippen LogP contribution >= 0.6 is 0 Å². The second-order valence-electron chi connectivity index (χ2n) is 6.48. The van der Waals surface area contributed by atoms with E-state index in [9.17, 15) is 0 Å². The zero-order valence-electron chi connectivity index (χ0n) is 13.1. The lowest BCUT2D eigenvalue weighted by Gasteiger charge is -2.34. The van der Waals surface area contributed by atoms with Crippen LogP contribution in [0.2, 0.25) is 0 Å². The third-order valence-electron chi connectivity index (χ3n) is 4.92. The van der Waals surface area contributed by atoms with Crippen LogP contribution in [-0.2, 0) is 6.42 Å². The van der Waals surface area contributed by atoms with Crippen LogP contribution in [-0.4, -0.2) is 30.6 Å². The maximum atomic E-state index is 6.28. The molecule has 1 aliphatic heterocycles. The summed E-state index contributed by atoms with van der Waals surface area (Å²) in [5.41, 5.74) is 7.76. The molecule has 1 aromatic carbocycles. The van der Waals surface area contributed by atoms with E-state index < -0.39 is 0 Å². The Bertz CT molecular complexity index is 368. The molecule has 1 unspecified atom stereocenters. The molecular formula is C18H30N2. The van der Waals surface area contributed by atoms with E-state index in [-0.39, 0.29) is 0 Å². The minimum Gasteiger partial charge on any atom is -0.326 e. The Morgan fingerprint density at radius 3 is 2.45 bits per heavy atom. The minimum absolute atomic E-state index is 0.339. The van der Waals surface area contributed by atoms with Crippen molar-refractivity contribution in [2.24, 2.45) is 17.6 Å². The number of nitrogens with zero attached hydrogens (tertiary/aromatic N) is 1. The van der Waals surface area contributed by atoms with Gasteiger partial charge in [0.25, 0.3) is 0 Å². The van der Waals surface area contributed by atoms with Crippen LogP contribution in [0.1, 0.15) is 38.7 Å². The highest BCUT2D eigenvalue weighted by Crippen LogP contribution is 2.22. The number of piperidine rings is 1. The third kappa shape index (κ3) is 4.60. The topological polar surface area (TPSA) is 29.3 Å². The van der Waals surface area contributed by atoms with Crippen molar-refractivity contribution in [2.45, 2.75) is 45.6 Å².